The van der Waals surface area contributed by atoms with Gasteiger partial charge in [-0.25, -0.2) is 0 Å². The summed E-state index contributed by atoms with van der Waals surface area (Å²) in [5.74, 6) is 1.82. The first-order valence-corrected chi connectivity index (χ1v) is 13.0. The van der Waals surface area contributed by atoms with Gasteiger partial charge >= 0.3 is 0 Å². The van der Waals surface area contributed by atoms with Crippen LogP contribution in [0.3, 0.4) is 0 Å². The van der Waals surface area contributed by atoms with Crippen molar-refractivity contribution >= 4 is 0 Å². The van der Waals surface area contributed by atoms with E-state index in [1.165, 1.54) is 24.0 Å². The molecule has 34 heavy (non-hydrogen) atoms. The van der Waals surface area contributed by atoms with Gasteiger partial charge in [-0.1, -0.05) is 53.2 Å². The molecule has 2 aliphatic heterocycles. The van der Waals surface area contributed by atoms with Gasteiger partial charge in [0.2, 0.25) is 12.6 Å². The summed E-state index contributed by atoms with van der Waals surface area (Å²) in [5.41, 5.74) is 13.1. The molecular formula is C30H43NO3. The predicted octanol–water partition coefficient (Wildman–Crippen LogP) is 7.48. The normalized spacial score (nSPS) is 19.2. The summed E-state index contributed by atoms with van der Waals surface area (Å²) in [6, 6.07) is 8.99. The van der Waals surface area contributed by atoms with Gasteiger partial charge in [0, 0.05) is 0 Å². The fourth-order valence-corrected chi connectivity index (χ4v) is 5.83. The number of aryl methyl sites for hydroxylation is 2. The second-order valence-electron chi connectivity index (χ2n) is 12.0. The van der Waals surface area contributed by atoms with Crippen molar-refractivity contribution in [3.05, 3.63) is 57.6 Å². The topological polar surface area (TPSA) is 53.7 Å². The zero-order valence-corrected chi connectivity index (χ0v) is 22.2. The quantitative estimate of drug-likeness (QED) is 0.417. The highest BCUT2D eigenvalue weighted by Gasteiger charge is 2.40. The lowest BCUT2D eigenvalue weighted by molar-refractivity contribution is -0.228. The summed E-state index contributed by atoms with van der Waals surface area (Å²) < 4.78 is 19.3. The van der Waals surface area contributed by atoms with Gasteiger partial charge < -0.3 is 15.2 Å². The molecule has 4 rings (SSSR count). The number of hydrogen-bond acceptors (Lipinski definition) is 4. The van der Waals surface area contributed by atoms with E-state index in [0.29, 0.717) is 0 Å². The Morgan fingerprint density at radius 3 is 1.68 bits per heavy atom. The number of nitrogens with two attached hydrogens (primary N) is 1. The third-order valence-electron chi connectivity index (χ3n) is 7.28. The van der Waals surface area contributed by atoms with Crippen molar-refractivity contribution in [3.8, 4) is 11.5 Å². The first-order chi connectivity index (χ1) is 16.0. The molecule has 2 aromatic rings. The Hall–Kier alpha value is -2.04. The molecule has 0 radical (unpaired) electrons. The highest BCUT2D eigenvalue weighted by Crippen LogP contribution is 2.50. The van der Waals surface area contributed by atoms with Crippen LogP contribution in [-0.2, 0) is 17.6 Å². The molecular weight excluding hydrogens is 422 g/mol. The molecule has 2 bridgehead atoms. The molecule has 0 fully saturated rings. The van der Waals surface area contributed by atoms with Crippen molar-refractivity contribution in [1.82, 2.24) is 0 Å². The van der Waals surface area contributed by atoms with E-state index >= 15 is 0 Å². The molecule has 0 aliphatic carbocycles. The van der Waals surface area contributed by atoms with Crippen LogP contribution in [0, 0.1) is 24.7 Å². The lowest BCUT2D eigenvalue weighted by Crippen LogP contribution is -2.31. The average molecular weight is 466 g/mol. The van der Waals surface area contributed by atoms with Crippen LogP contribution in [-0.4, -0.2) is 6.54 Å². The van der Waals surface area contributed by atoms with Crippen molar-refractivity contribution in [2.45, 2.75) is 99.6 Å². The third-order valence-corrected chi connectivity index (χ3v) is 7.28. The third kappa shape index (κ3) is 5.28. The fourth-order valence-electron chi connectivity index (χ4n) is 5.83. The summed E-state index contributed by atoms with van der Waals surface area (Å²) in [4.78, 5) is 0. The van der Waals surface area contributed by atoms with Crippen LogP contribution in [0.1, 0.15) is 106 Å². The van der Waals surface area contributed by atoms with Crippen LogP contribution < -0.4 is 15.2 Å². The highest BCUT2D eigenvalue weighted by molar-refractivity contribution is 5.52. The Kier molecular flexibility index (Phi) is 7.04. The van der Waals surface area contributed by atoms with Crippen molar-refractivity contribution < 1.29 is 14.2 Å². The maximum atomic E-state index is 6.48. The summed E-state index contributed by atoms with van der Waals surface area (Å²) in [5, 5.41) is 0. The smallest absolute Gasteiger partial charge is 0.233 e. The number of hydrogen-bond donors (Lipinski definition) is 1. The van der Waals surface area contributed by atoms with Crippen molar-refractivity contribution in [3.63, 3.8) is 0 Å². The molecule has 0 saturated carbocycles. The minimum atomic E-state index is -0.437. The molecule has 4 nitrogen and oxygen atoms in total. The van der Waals surface area contributed by atoms with Gasteiger partial charge in [-0.2, -0.15) is 0 Å². The maximum absolute atomic E-state index is 6.48. The Balaban J connectivity index is 1.62. The molecule has 0 saturated heterocycles. The molecule has 2 unspecified atom stereocenters. The first-order valence-electron chi connectivity index (χ1n) is 13.0. The van der Waals surface area contributed by atoms with E-state index in [2.05, 4.69) is 72.7 Å². The highest BCUT2D eigenvalue weighted by atomic mass is 16.8. The van der Waals surface area contributed by atoms with Crippen LogP contribution in [0.25, 0.3) is 0 Å². The maximum Gasteiger partial charge on any atom is 0.233 e. The number of fused-ring (bicyclic) bond motifs is 6. The lowest BCUT2D eigenvalue weighted by atomic mass is 9.80. The SMILES string of the molecule is CCCC(C)(C)Cc1cc(C)c2c(c1)C1Oc3c(C)cc(CC(C)(C)CCCN)cc3C(O2)O1. The van der Waals surface area contributed by atoms with Gasteiger partial charge in [0.05, 0.1) is 11.1 Å². The molecule has 2 aromatic carbocycles. The van der Waals surface area contributed by atoms with Crippen molar-refractivity contribution in [1.29, 1.82) is 0 Å². The van der Waals surface area contributed by atoms with E-state index in [1.807, 2.05) is 0 Å². The summed E-state index contributed by atoms with van der Waals surface area (Å²) in [6.07, 6.45) is 5.71. The van der Waals surface area contributed by atoms with Crippen molar-refractivity contribution in [2.24, 2.45) is 16.6 Å². The zero-order chi connectivity index (χ0) is 24.7. The largest absolute Gasteiger partial charge is 0.459 e. The van der Waals surface area contributed by atoms with Gasteiger partial charge in [-0.15, -0.1) is 0 Å². The zero-order valence-electron chi connectivity index (χ0n) is 22.2. The summed E-state index contributed by atoms with van der Waals surface area (Å²) in [7, 11) is 0. The molecule has 2 N–H and O–H groups in total. The van der Waals surface area contributed by atoms with E-state index in [0.717, 1.165) is 66.0 Å². The molecule has 0 aromatic heterocycles. The summed E-state index contributed by atoms with van der Waals surface area (Å²) >= 11 is 0. The van der Waals surface area contributed by atoms with E-state index in [4.69, 9.17) is 19.9 Å². The van der Waals surface area contributed by atoms with E-state index in [-0.39, 0.29) is 10.8 Å². The Bertz CT molecular complexity index is 1040. The van der Waals surface area contributed by atoms with Crippen LogP contribution in [0.4, 0.5) is 0 Å². The van der Waals surface area contributed by atoms with Gasteiger partial charge in [0.1, 0.15) is 11.5 Å². The molecule has 0 spiro atoms. The molecule has 2 heterocycles. The molecule has 186 valence electrons. The standard InChI is InChI=1S/C30H43NO3/c1-8-10-29(4,5)17-21-13-19(2)25-23(15-21)27-33-26-20(3)14-22(16-24(26)28(32-25)34-27)18-30(6,7)11-9-12-31/h13-16,27-28H,8-12,17-18,31H2,1-7H3. The predicted molar refractivity (Wildman–Crippen MR) is 138 cm³/mol. The fraction of sp³-hybridized carbons (Fsp3) is 0.600. The molecule has 4 heteroatoms. The monoisotopic (exact) mass is 465 g/mol. The van der Waals surface area contributed by atoms with Crippen LogP contribution in [0.5, 0.6) is 11.5 Å². The molecule has 0 amide bonds. The Morgan fingerprint density at radius 2 is 1.24 bits per heavy atom. The number of ether oxygens (including phenoxy) is 3. The van der Waals surface area contributed by atoms with Crippen LogP contribution in [0.2, 0.25) is 0 Å². The van der Waals surface area contributed by atoms with E-state index in [1.54, 1.807) is 0 Å². The second-order valence-corrected chi connectivity index (χ2v) is 12.0. The Morgan fingerprint density at radius 1 is 0.765 bits per heavy atom. The van der Waals surface area contributed by atoms with Crippen LogP contribution in [0.15, 0.2) is 24.3 Å². The minimum Gasteiger partial charge on any atom is -0.459 e. The van der Waals surface area contributed by atoms with Crippen molar-refractivity contribution in [2.75, 3.05) is 6.54 Å². The van der Waals surface area contributed by atoms with Crippen LogP contribution >= 0.6 is 0 Å². The average Bonchev–Trinajstić information content (AvgIpc) is 2.73. The number of benzene rings is 2. The van der Waals surface area contributed by atoms with Gasteiger partial charge in [-0.05, 0) is 97.7 Å². The minimum absolute atomic E-state index is 0.192. The first kappa shape index (κ1) is 25.1. The molecule has 2 aliphatic rings. The molecule has 2 atom stereocenters. The van der Waals surface area contributed by atoms with E-state index < -0.39 is 12.6 Å². The number of rotatable bonds is 9. The summed E-state index contributed by atoms with van der Waals surface area (Å²) in [6.45, 7) is 16.6. The van der Waals surface area contributed by atoms with E-state index in [9.17, 15) is 0 Å². The van der Waals surface area contributed by atoms with Gasteiger partial charge in [-0.3, -0.25) is 4.74 Å². The van der Waals surface area contributed by atoms with Gasteiger partial charge in [0.15, 0.2) is 0 Å². The van der Waals surface area contributed by atoms with Gasteiger partial charge in [0.25, 0.3) is 0 Å². The lowest BCUT2D eigenvalue weighted by Gasteiger charge is -2.40. The Labute approximate surface area is 206 Å². The second kappa shape index (κ2) is 9.54.